The minimum atomic E-state index is 0.149. The van der Waals surface area contributed by atoms with Gasteiger partial charge in [-0.25, -0.2) is 0 Å². The maximum atomic E-state index is 5.64. The lowest BCUT2D eigenvalue weighted by Crippen LogP contribution is -2.28. The van der Waals surface area contributed by atoms with Gasteiger partial charge >= 0.3 is 0 Å². The first-order chi connectivity index (χ1) is 6.42. The van der Waals surface area contributed by atoms with Crippen molar-refractivity contribution >= 4 is 0 Å². The van der Waals surface area contributed by atoms with Crippen molar-refractivity contribution in [2.75, 3.05) is 13.2 Å². The molecular formula is C11H20O2. The summed E-state index contributed by atoms with van der Waals surface area (Å²) in [6.07, 6.45) is 6.68. The standard InChI is InChI=1S/C11H20O2/c1-2-3-5-9-8-13-11-10(9)6-4-7-12-11/h9-11H,2-8H2,1H3. The fourth-order valence-electron chi connectivity index (χ4n) is 2.51. The Labute approximate surface area is 80.6 Å². The highest BCUT2D eigenvalue weighted by Gasteiger charge is 2.38. The van der Waals surface area contributed by atoms with Crippen LogP contribution >= 0.6 is 0 Å². The molecule has 2 rings (SSSR count). The van der Waals surface area contributed by atoms with Gasteiger partial charge in [0, 0.05) is 12.5 Å². The highest BCUT2D eigenvalue weighted by atomic mass is 16.7. The van der Waals surface area contributed by atoms with Crippen molar-refractivity contribution in [3.8, 4) is 0 Å². The van der Waals surface area contributed by atoms with Crippen LogP contribution in [0.5, 0.6) is 0 Å². The van der Waals surface area contributed by atoms with Crippen LogP contribution in [0.1, 0.15) is 39.0 Å². The first-order valence-corrected chi connectivity index (χ1v) is 5.65. The average Bonchev–Trinajstić information content (AvgIpc) is 2.58. The summed E-state index contributed by atoms with van der Waals surface area (Å²) in [7, 11) is 0. The molecule has 0 aromatic rings. The summed E-state index contributed by atoms with van der Waals surface area (Å²) in [5.41, 5.74) is 0. The third kappa shape index (κ3) is 2.05. The summed E-state index contributed by atoms with van der Waals surface area (Å²) in [4.78, 5) is 0. The van der Waals surface area contributed by atoms with E-state index in [0.29, 0.717) is 5.92 Å². The van der Waals surface area contributed by atoms with E-state index in [-0.39, 0.29) is 6.29 Å². The molecule has 2 fully saturated rings. The van der Waals surface area contributed by atoms with Crippen molar-refractivity contribution < 1.29 is 9.47 Å². The van der Waals surface area contributed by atoms with Crippen LogP contribution in [0, 0.1) is 11.8 Å². The number of ether oxygens (including phenoxy) is 2. The lowest BCUT2D eigenvalue weighted by Gasteiger charge is -2.27. The maximum Gasteiger partial charge on any atom is 0.160 e. The number of hydrogen-bond donors (Lipinski definition) is 0. The molecule has 13 heavy (non-hydrogen) atoms. The predicted molar refractivity (Wildman–Crippen MR) is 51.4 cm³/mol. The number of hydrogen-bond acceptors (Lipinski definition) is 2. The van der Waals surface area contributed by atoms with Gasteiger partial charge in [0.15, 0.2) is 6.29 Å². The van der Waals surface area contributed by atoms with E-state index in [1.54, 1.807) is 0 Å². The van der Waals surface area contributed by atoms with Gasteiger partial charge in [-0.1, -0.05) is 19.8 Å². The number of fused-ring (bicyclic) bond motifs is 1. The Kier molecular flexibility index (Phi) is 3.23. The molecule has 3 unspecified atom stereocenters. The molecule has 0 aromatic carbocycles. The molecular weight excluding hydrogens is 164 g/mol. The van der Waals surface area contributed by atoms with Gasteiger partial charge in [-0.3, -0.25) is 0 Å². The zero-order valence-electron chi connectivity index (χ0n) is 8.50. The van der Waals surface area contributed by atoms with Crippen LogP contribution in [0.25, 0.3) is 0 Å². The van der Waals surface area contributed by atoms with E-state index in [0.717, 1.165) is 19.1 Å². The third-order valence-electron chi connectivity index (χ3n) is 3.32. The minimum absolute atomic E-state index is 0.149. The molecule has 0 aliphatic carbocycles. The SMILES string of the molecule is CCCCC1COC2OCCCC12. The fraction of sp³-hybridized carbons (Fsp3) is 1.00. The zero-order valence-corrected chi connectivity index (χ0v) is 8.50. The average molecular weight is 184 g/mol. The molecule has 0 amide bonds. The van der Waals surface area contributed by atoms with Crippen LogP contribution in [0.15, 0.2) is 0 Å². The quantitative estimate of drug-likeness (QED) is 0.671. The lowest BCUT2D eigenvalue weighted by atomic mass is 9.86. The monoisotopic (exact) mass is 184 g/mol. The molecule has 0 radical (unpaired) electrons. The highest BCUT2D eigenvalue weighted by Crippen LogP contribution is 2.37. The summed E-state index contributed by atoms with van der Waals surface area (Å²) in [5.74, 6) is 1.49. The molecule has 2 heteroatoms. The molecule has 2 aliphatic heterocycles. The topological polar surface area (TPSA) is 18.5 Å². The van der Waals surface area contributed by atoms with Gasteiger partial charge < -0.3 is 9.47 Å². The molecule has 0 aromatic heterocycles. The molecule has 2 nitrogen and oxygen atoms in total. The number of unbranched alkanes of at least 4 members (excludes halogenated alkanes) is 1. The largest absolute Gasteiger partial charge is 0.352 e. The summed E-state index contributed by atoms with van der Waals surface area (Å²) < 4.78 is 11.2. The predicted octanol–water partition coefficient (Wildman–Crippen LogP) is 2.58. The van der Waals surface area contributed by atoms with Gasteiger partial charge in [-0.2, -0.15) is 0 Å². The van der Waals surface area contributed by atoms with Crippen LogP contribution in [0.4, 0.5) is 0 Å². The molecule has 0 N–H and O–H groups in total. The second kappa shape index (κ2) is 4.43. The van der Waals surface area contributed by atoms with Crippen molar-refractivity contribution in [3.05, 3.63) is 0 Å². The molecule has 0 spiro atoms. The van der Waals surface area contributed by atoms with E-state index >= 15 is 0 Å². The van der Waals surface area contributed by atoms with Gasteiger partial charge in [0.2, 0.25) is 0 Å². The Hall–Kier alpha value is -0.0800. The van der Waals surface area contributed by atoms with E-state index in [1.807, 2.05) is 0 Å². The summed E-state index contributed by atoms with van der Waals surface area (Å²) in [6.45, 7) is 4.10. The van der Waals surface area contributed by atoms with Gasteiger partial charge in [0.1, 0.15) is 0 Å². The fourth-order valence-corrected chi connectivity index (χ4v) is 2.51. The van der Waals surface area contributed by atoms with Crippen molar-refractivity contribution in [2.45, 2.75) is 45.3 Å². The zero-order chi connectivity index (χ0) is 9.10. The van der Waals surface area contributed by atoms with Crippen LogP contribution < -0.4 is 0 Å². The van der Waals surface area contributed by atoms with Crippen LogP contribution in [-0.2, 0) is 9.47 Å². The first kappa shape index (κ1) is 9.47. The van der Waals surface area contributed by atoms with Crippen LogP contribution in [0.2, 0.25) is 0 Å². The Morgan fingerprint density at radius 3 is 3.08 bits per heavy atom. The Balaban J connectivity index is 1.84. The lowest BCUT2D eigenvalue weighted by molar-refractivity contribution is -0.151. The van der Waals surface area contributed by atoms with Crippen LogP contribution in [-0.4, -0.2) is 19.5 Å². The molecule has 2 aliphatic rings. The van der Waals surface area contributed by atoms with Crippen LogP contribution in [0.3, 0.4) is 0 Å². The molecule has 2 saturated heterocycles. The van der Waals surface area contributed by atoms with Crippen molar-refractivity contribution in [1.29, 1.82) is 0 Å². The maximum absolute atomic E-state index is 5.64. The van der Waals surface area contributed by atoms with E-state index in [1.165, 1.54) is 32.1 Å². The van der Waals surface area contributed by atoms with Crippen molar-refractivity contribution in [3.63, 3.8) is 0 Å². The van der Waals surface area contributed by atoms with Gasteiger partial charge in [-0.05, 0) is 25.2 Å². The van der Waals surface area contributed by atoms with E-state index in [9.17, 15) is 0 Å². The van der Waals surface area contributed by atoms with Gasteiger partial charge in [-0.15, -0.1) is 0 Å². The molecule has 0 bridgehead atoms. The summed E-state index contributed by atoms with van der Waals surface area (Å²) >= 11 is 0. The first-order valence-electron chi connectivity index (χ1n) is 5.65. The minimum Gasteiger partial charge on any atom is -0.352 e. The van der Waals surface area contributed by atoms with E-state index in [4.69, 9.17) is 9.47 Å². The third-order valence-corrected chi connectivity index (χ3v) is 3.32. The second-order valence-corrected chi connectivity index (χ2v) is 4.28. The molecule has 0 saturated carbocycles. The molecule has 3 atom stereocenters. The highest BCUT2D eigenvalue weighted by molar-refractivity contribution is 4.81. The smallest absolute Gasteiger partial charge is 0.160 e. The Bertz CT molecular complexity index is 158. The van der Waals surface area contributed by atoms with Crippen molar-refractivity contribution in [1.82, 2.24) is 0 Å². The number of rotatable bonds is 3. The van der Waals surface area contributed by atoms with Gasteiger partial charge in [0.25, 0.3) is 0 Å². The summed E-state index contributed by atoms with van der Waals surface area (Å²) in [6, 6.07) is 0. The van der Waals surface area contributed by atoms with Crippen molar-refractivity contribution in [2.24, 2.45) is 11.8 Å². The summed E-state index contributed by atoms with van der Waals surface area (Å²) in [5, 5.41) is 0. The van der Waals surface area contributed by atoms with E-state index < -0.39 is 0 Å². The van der Waals surface area contributed by atoms with E-state index in [2.05, 4.69) is 6.92 Å². The Morgan fingerprint density at radius 2 is 2.23 bits per heavy atom. The molecule has 76 valence electrons. The molecule has 2 heterocycles. The normalized spacial score (nSPS) is 39.0. The second-order valence-electron chi connectivity index (χ2n) is 4.28. The van der Waals surface area contributed by atoms with Gasteiger partial charge in [0.05, 0.1) is 6.61 Å². The Morgan fingerprint density at radius 1 is 1.31 bits per heavy atom.